The molecule has 0 radical (unpaired) electrons. The molecule has 0 atom stereocenters. The molecule has 1 aliphatic rings. The molecule has 1 saturated carbocycles. The van der Waals surface area contributed by atoms with E-state index in [2.05, 4.69) is 65.6 Å². The largest absolute Gasteiger partial charge is 0.332 e. The third-order valence-electron chi connectivity index (χ3n) is 6.32. The van der Waals surface area contributed by atoms with Crippen LogP contribution in [0.2, 0.25) is 0 Å². The molecular formula is C26H28N4O. The third kappa shape index (κ3) is 4.31. The van der Waals surface area contributed by atoms with E-state index in [1.807, 2.05) is 17.7 Å². The molecule has 0 bridgehead atoms. The monoisotopic (exact) mass is 412 g/mol. The van der Waals surface area contributed by atoms with Crippen LogP contribution in [-0.4, -0.2) is 19.9 Å². The lowest BCUT2D eigenvalue weighted by molar-refractivity contribution is 0.430. The number of benzene rings is 2. The van der Waals surface area contributed by atoms with Gasteiger partial charge in [-0.2, -0.15) is 10.1 Å². The van der Waals surface area contributed by atoms with Gasteiger partial charge in [0.25, 0.3) is 5.89 Å². The molecule has 1 aliphatic carbocycles. The summed E-state index contributed by atoms with van der Waals surface area (Å²) in [4.78, 5) is 4.61. The SMILES string of the molecule is Cc1ccc(Cn2nc(-c3nc(-c4ccc(C5CCCCC5)cc4)no3)cc2C)cc1. The van der Waals surface area contributed by atoms with Crippen LogP contribution in [0.1, 0.15) is 60.4 Å². The van der Waals surface area contributed by atoms with Gasteiger partial charge in [-0.3, -0.25) is 4.68 Å². The summed E-state index contributed by atoms with van der Waals surface area (Å²) >= 11 is 0. The highest BCUT2D eigenvalue weighted by molar-refractivity contribution is 5.58. The molecule has 0 amide bonds. The minimum Gasteiger partial charge on any atom is -0.332 e. The summed E-state index contributed by atoms with van der Waals surface area (Å²) in [5.74, 6) is 1.76. The van der Waals surface area contributed by atoms with Gasteiger partial charge in [-0.15, -0.1) is 0 Å². The van der Waals surface area contributed by atoms with Gasteiger partial charge in [0.1, 0.15) is 0 Å². The van der Waals surface area contributed by atoms with E-state index in [1.54, 1.807) is 0 Å². The Bertz CT molecular complexity index is 1150. The topological polar surface area (TPSA) is 56.7 Å². The summed E-state index contributed by atoms with van der Waals surface area (Å²) in [5, 5.41) is 8.90. The maximum Gasteiger partial charge on any atom is 0.278 e. The lowest BCUT2D eigenvalue weighted by Gasteiger charge is -2.21. The first-order chi connectivity index (χ1) is 15.2. The van der Waals surface area contributed by atoms with Crippen LogP contribution in [0.5, 0.6) is 0 Å². The molecule has 158 valence electrons. The number of hydrogen-bond donors (Lipinski definition) is 0. The average molecular weight is 413 g/mol. The van der Waals surface area contributed by atoms with Crippen molar-refractivity contribution in [3.8, 4) is 23.0 Å². The summed E-state index contributed by atoms with van der Waals surface area (Å²) in [6, 6.07) is 19.2. The number of nitrogens with zero attached hydrogens (tertiary/aromatic N) is 4. The Kier molecular flexibility index (Phi) is 5.41. The molecular weight excluding hydrogens is 384 g/mol. The molecule has 0 unspecified atom stereocenters. The van der Waals surface area contributed by atoms with Crippen molar-refractivity contribution in [2.24, 2.45) is 0 Å². The molecule has 2 heterocycles. The molecule has 4 aromatic rings. The number of hydrogen-bond acceptors (Lipinski definition) is 4. The van der Waals surface area contributed by atoms with Crippen molar-refractivity contribution >= 4 is 0 Å². The number of rotatable bonds is 5. The van der Waals surface area contributed by atoms with Crippen LogP contribution in [0.3, 0.4) is 0 Å². The lowest BCUT2D eigenvalue weighted by atomic mass is 9.84. The smallest absolute Gasteiger partial charge is 0.278 e. The summed E-state index contributed by atoms with van der Waals surface area (Å²) < 4.78 is 7.52. The Labute approximate surface area is 183 Å². The summed E-state index contributed by atoms with van der Waals surface area (Å²) in [5.41, 5.74) is 6.65. The van der Waals surface area contributed by atoms with Crippen molar-refractivity contribution in [3.05, 3.63) is 77.0 Å². The zero-order valence-corrected chi connectivity index (χ0v) is 18.2. The van der Waals surface area contributed by atoms with Crippen LogP contribution in [0.15, 0.2) is 59.1 Å². The van der Waals surface area contributed by atoms with Gasteiger partial charge in [0.15, 0.2) is 5.69 Å². The summed E-state index contributed by atoms with van der Waals surface area (Å²) in [7, 11) is 0. The van der Waals surface area contributed by atoms with Crippen LogP contribution in [-0.2, 0) is 6.54 Å². The number of aromatic nitrogens is 4. The molecule has 5 nitrogen and oxygen atoms in total. The van der Waals surface area contributed by atoms with Crippen LogP contribution in [0.25, 0.3) is 23.0 Å². The first-order valence-electron chi connectivity index (χ1n) is 11.2. The summed E-state index contributed by atoms with van der Waals surface area (Å²) in [6.45, 7) is 4.86. The van der Waals surface area contributed by atoms with E-state index in [4.69, 9.17) is 9.62 Å². The van der Waals surface area contributed by atoms with E-state index in [1.165, 1.54) is 48.8 Å². The Morgan fingerprint density at radius 3 is 2.42 bits per heavy atom. The first-order valence-corrected chi connectivity index (χ1v) is 11.2. The summed E-state index contributed by atoms with van der Waals surface area (Å²) in [6.07, 6.45) is 6.67. The molecule has 5 heteroatoms. The minimum absolute atomic E-state index is 0.456. The maximum atomic E-state index is 5.55. The van der Waals surface area contributed by atoms with Gasteiger partial charge in [0.2, 0.25) is 5.82 Å². The van der Waals surface area contributed by atoms with Gasteiger partial charge in [-0.05, 0) is 49.8 Å². The van der Waals surface area contributed by atoms with E-state index in [0.29, 0.717) is 23.3 Å². The second kappa shape index (κ2) is 8.50. The zero-order valence-electron chi connectivity index (χ0n) is 18.2. The predicted octanol–water partition coefficient (Wildman–Crippen LogP) is 6.31. The molecule has 1 fully saturated rings. The van der Waals surface area contributed by atoms with Crippen molar-refractivity contribution in [1.29, 1.82) is 0 Å². The molecule has 0 saturated heterocycles. The second-order valence-electron chi connectivity index (χ2n) is 8.69. The highest BCUT2D eigenvalue weighted by Crippen LogP contribution is 2.33. The molecule has 31 heavy (non-hydrogen) atoms. The quantitative estimate of drug-likeness (QED) is 0.385. The van der Waals surface area contributed by atoms with Crippen LogP contribution < -0.4 is 0 Å². The molecule has 0 spiro atoms. The second-order valence-corrected chi connectivity index (χ2v) is 8.69. The van der Waals surface area contributed by atoms with Gasteiger partial charge in [0, 0.05) is 11.3 Å². The van der Waals surface area contributed by atoms with Crippen molar-refractivity contribution in [3.63, 3.8) is 0 Å². The van der Waals surface area contributed by atoms with Crippen molar-refractivity contribution in [2.45, 2.75) is 58.4 Å². The fourth-order valence-electron chi connectivity index (χ4n) is 4.43. The molecule has 0 aliphatic heterocycles. The van der Waals surface area contributed by atoms with Crippen LogP contribution in [0, 0.1) is 13.8 Å². The number of aryl methyl sites for hydroxylation is 2. The van der Waals surface area contributed by atoms with Crippen LogP contribution in [0.4, 0.5) is 0 Å². The molecule has 2 aromatic carbocycles. The van der Waals surface area contributed by atoms with E-state index in [0.717, 1.165) is 17.8 Å². The van der Waals surface area contributed by atoms with Crippen LogP contribution >= 0.6 is 0 Å². The van der Waals surface area contributed by atoms with Gasteiger partial charge in [-0.25, -0.2) is 0 Å². The predicted molar refractivity (Wildman–Crippen MR) is 122 cm³/mol. The fourth-order valence-corrected chi connectivity index (χ4v) is 4.43. The molecule has 0 N–H and O–H groups in total. The molecule has 2 aromatic heterocycles. The van der Waals surface area contributed by atoms with Crippen molar-refractivity contribution in [2.75, 3.05) is 0 Å². The zero-order chi connectivity index (χ0) is 21.2. The minimum atomic E-state index is 0.456. The highest BCUT2D eigenvalue weighted by atomic mass is 16.5. The van der Waals surface area contributed by atoms with E-state index >= 15 is 0 Å². The standard InChI is InChI=1S/C26H28N4O/c1-18-8-10-20(11-9-18)17-30-19(2)16-24(28-30)26-27-25(29-31-26)23-14-12-22(13-15-23)21-6-4-3-5-7-21/h8-16,21H,3-7,17H2,1-2H3. The van der Waals surface area contributed by atoms with Gasteiger partial charge in [0.05, 0.1) is 6.54 Å². The van der Waals surface area contributed by atoms with E-state index in [9.17, 15) is 0 Å². The van der Waals surface area contributed by atoms with Gasteiger partial charge in [-0.1, -0.05) is 78.5 Å². The molecule has 5 rings (SSSR count). The third-order valence-corrected chi connectivity index (χ3v) is 6.32. The fraction of sp³-hybridized carbons (Fsp3) is 0.346. The van der Waals surface area contributed by atoms with Crippen molar-refractivity contribution < 1.29 is 4.52 Å². The average Bonchev–Trinajstić information content (AvgIpc) is 3.43. The van der Waals surface area contributed by atoms with E-state index < -0.39 is 0 Å². The Morgan fingerprint density at radius 2 is 1.68 bits per heavy atom. The lowest BCUT2D eigenvalue weighted by Crippen LogP contribution is -2.04. The first kappa shape index (κ1) is 19.7. The Hall–Kier alpha value is -3.21. The maximum absolute atomic E-state index is 5.55. The Balaban J connectivity index is 1.33. The van der Waals surface area contributed by atoms with Crippen molar-refractivity contribution in [1.82, 2.24) is 19.9 Å². The van der Waals surface area contributed by atoms with Gasteiger partial charge < -0.3 is 4.52 Å². The van der Waals surface area contributed by atoms with Gasteiger partial charge >= 0.3 is 0 Å². The van der Waals surface area contributed by atoms with E-state index in [-0.39, 0.29) is 0 Å². The Morgan fingerprint density at radius 1 is 0.935 bits per heavy atom. The normalized spacial score (nSPS) is 14.8. The highest BCUT2D eigenvalue weighted by Gasteiger charge is 2.17.